The van der Waals surface area contributed by atoms with E-state index in [1.165, 1.54) is 12.3 Å². The standard InChI is InChI=1S/C14H19BrN2O4/c1-5-21-13(20)14(4,8(2)3)17-12(19)10-6-11(18)9(15)7-16-10/h6-8H,5H2,1-4H3,(H,16,18)(H,17,19)/t14-/m1/s1. The number of hydrogen-bond donors (Lipinski definition) is 2. The Labute approximate surface area is 131 Å². The number of rotatable bonds is 5. The Bertz CT molecular complexity index is 597. The first-order valence-electron chi connectivity index (χ1n) is 6.60. The number of amides is 1. The molecule has 1 rings (SSSR count). The molecule has 2 N–H and O–H groups in total. The van der Waals surface area contributed by atoms with Crippen LogP contribution in [0, 0.1) is 5.92 Å². The van der Waals surface area contributed by atoms with Crippen LogP contribution >= 0.6 is 15.9 Å². The molecule has 0 aliphatic carbocycles. The fraction of sp³-hybridized carbons (Fsp3) is 0.500. The van der Waals surface area contributed by atoms with Gasteiger partial charge in [0.15, 0.2) is 5.43 Å². The van der Waals surface area contributed by atoms with Gasteiger partial charge in [-0.3, -0.25) is 9.59 Å². The van der Waals surface area contributed by atoms with Crippen LogP contribution in [-0.4, -0.2) is 29.0 Å². The number of nitrogens with one attached hydrogen (secondary N) is 2. The van der Waals surface area contributed by atoms with Crippen LogP contribution in [0.4, 0.5) is 0 Å². The van der Waals surface area contributed by atoms with Gasteiger partial charge in [-0.2, -0.15) is 0 Å². The number of pyridine rings is 1. The lowest BCUT2D eigenvalue weighted by Crippen LogP contribution is -2.56. The van der Waals surface area contributed by atoms with Crippen molar-refractivity contribution in [3.05, 3.63) is 32.7 Å². The van der Waals surface area contributed by atoms with Gasteiger partial charge in [0.05, 0.1) is 11.1 Å². The van der Waals surface area contributed by atoms with E-state index < -0.39 is 17.4 Å². The molecule has 0 saturated carbocycles. The highest BCUT2D eigenvalue weighted by Gasteiger charge is 2.40. The maximum Gasteiger partial charge on any atom is 0.331 e. The maximum absolute atomic E-state index is 12.2. The second kappa shape index (κ2) is 6.89. The Morgan fingerprint density at radius 3 is 2.57 bits per heavy atom. The molecule has 0 fully saturated rings. The molecule has 0 aliphatic rings. The fourth-order valence-corrected chi connectivity index (χ4v) is 1.83. The van der Waals surface area contributed by atoms with Crippen molar-refractivity contribution in [2.45, 2.75) is 33.2 Å². The molecule has 7 heteroatoms. The largest absolute Gasteiger partial charge is 0.464 e. The van der Waals surface area contributed by atoms with E-state index in [2.05, 4.69) is 26.2 Å². The van der Waals surface area contributed by atoms with Gasteiger partial charge in [0, 0.05) is 12.3 Å². The first-order valence-corrected chi connectivity index (χ1v) is 7.39. The molecule has 0 spiro atoms. The van der Waals surface area contributed by atoms with Crippen molar-refractivity contribution < 1.29 is 14.3 Å². The molecule has 1 heterocycles. The summed E-state index contributed by atoms with van der Waals surface area (Å²) in [6.07, 6.45) is 1.38. The van der Waals surface area contributed by atoms with Gasteiger partial charge in [-0.1, -0.05) is 13.8 Å². The summed E-state index contributed by atoms with van der Waals surface area (Å²) in [5.41, 5.74) is -1.41. The molecule has 1 amide bonds. The van der Waals surface area contributed by atoms with Crippen molar-refractivity contribution in [3.8, 4) is 0 Å². The van der Waals surface area contributed by atoms with Crippen LogP contribution < -0.4 is 10.7 Å². The summed E-state index contributed by atoms with van der Waals surface area (Å²) >= 11 is 3.06. The molecule has 6 nitrogen and oxygen atoms in total. The Hall–Kier alpha value is -1.63. The van der Waals surface area contributed by atoms with Crippen molar-refractivity contribution in [1.29, 1.82) is 0 Å². The summed E-state index contributed by atoms with van der Waals surface area (Å²) in [7, 11) is 0. The van der Waals surface area contributed by atoms with E-state index in [4.69, 9.17) is 4.74 Å². The maximum atomic E-state index is 12.2. The number of halogens is 1. The van der Waals surface area contributed by atoms with Crippen molar-refractivity contribution in [2.75, 3.05) is 6.61 Å². The van der Waals surface area contributed by atoms with Gasteiger partial charge in [0.2, 0.25) is 0 Å². The number of carbonyl (C=O) groups is 2. The predicted octanol–water partition coefficient (Wildman–Crippen LogP) is 1.85. The number of hydrogen-bond acceptors (Lipinski definition) is 4. The van der Waals surface area contributed by atoms with Crippen molar-refractivity contribution >= 4 is 27.8 Å². The minimum Gasteiger partial charge on any atom is -0.464 e. The fourth-order valence-electron chi connectivity index (χ4n) is 1.60. The average Bonchev–Trinajstić information content (AvgIpc) is 2.41. The zero-order valence-corrected chi connectivity index (χ0v) is 14.0. The topological polar surface area (TPSA) is 88.3 Å². The lowest BCUT2D eigenvalue weighted by atomic mass is 9.88. The van der Waals surface area contributed by atoms with Crippen LogP contribution in [0.3, 0.4) is 0 Å². The van der Waals surface area contributed by atoms with Crippen LogP contribution in [0.2, 0.25) is 0 Å². The van der Waals surface area contributed by atoms with Crippen LogP contribution in [0.1, 0.15) is 38.2 Å². The van der Waals surface area contributed by atoms with Gasteiger partial charge in [-0.25, -0.2) is 4.79 Å². The molecule has 0 aromatic carbocycles. The third kappa shape index (κ3) is 3.93. The highest BCUT2D eigenvalue weighted by Crippen LogP contribution is 2.19. The highest BCUT2D eigenvalue weighted by atomic mass is 79.9. The first-order chi connectivity index (χ1) is 9.72. The smallest absolute Gasteiger partial charge is 0.331 e. The second-order valence-corrected chi connectivity index (χ2v) is 5.94. The van der Waals surface area contributed by atoms with Crippen LogP contribution in [0.25, 0.3) is 0 Å². The monoisotopic (exact) mass is 358 g/mol. The number of H-pyrrole nitrogens is 1. The minimum absolute atomic E-state index is 0.0828. The molecule has 1 aromatic heterocycles. The molecule has 116 valence electrons. The number of aromatic nitrogens is 1. The molecular formula is C14H19BrN2O4. The Balaban J connectivity index is 3.03. The molecular weight excluding hydrogens is 340 g/mol. The normalized spacial score (nSPS) is 13.6. The van der Waals surface area contributed by atoms with E-state index in [9.17, 15) is 14.4 Å². The van der Waals surface area contributed by atoms with Crippen molar-refractivity contribution in [3.63, 3.8) is 0 Å². The third-order valence-corrected chi connectivity index (χ3v) is 3.96. The lowest BCUT2D eigenvalue weighted by Gasteiger charge is -2.32. The zero-order valence-electron chi connectivity index (χ0n) is 12.5. The van der Waals surface area contributed by atoms with Crippen LogP contribution in [0.15, 0.2) is 21.5 Å². The summed E-state index contributed by atoms with van der Waals surface area (Å²) in [6.45, 7) is 7.15. The molecule has 0 unspecified atom stereocenters. The molecule has 0 bridgehead atoms. The molecule has 21 heavy (non-hydrogen) atoms. The molecule has 0 aliphatic heterocycles. The number of esters is 1. The number of aromatic amines is 1. The van der Waals surface area contributed by atoms with E-state index in [0.717, 1.165) is 0 Å². The third-order valence-electron chi connectivity index (χ3n) is 3.34. The zero-order chi connectivity index (χ0) is 16.2. The van der Waals surface area contributed by atoms with Crippen molar-refractivity contribution in [2.24, 2.45) is 5.92 Å². The summed E-state index contributed by atoms with van der Waals surface area (Å²) in [4.78, 5) is 38.6. The van der Waals surface area contributed by atoms with Crippen LogP contribution in [-0.2, 0) is 9.53 Å². The lowest BCUT2D eigenvalue weighted by molar-refractivity contribution is -0.152. The highest BCUT2D eigenvalue weighted by molar-refractivity contribution is 9.10. The molecule has 0 saturated heterocycles. The van der Waals surface area contributed by atoms with E-state index in [1.54, 1.807) is 13.8 Å². The number of ether oxygens (including phenoxy) is 1. The summed E-state index contributed by atoms with van der Waals surface area (Å²) in [5.74, 6) is -1.22. The van der Waals surface area contributed by atoms with Gasteiger partial charge in [-0.15, -0.1) is 0 Å². The first kappa shape index (κ1) is 17.4. The summed E-state index contributed by atoms with van der Waals surface area (Å²) in [5, 5.41) is 2.64. The van der Waals surface area contributed by atoms with E-state index in [-0.39, 0.29) is 23.6 Å². The second-order valence-electron chi connectivity index (χ2n) is 5.09. The average molecular weight is 359 g/mol. The quantitative estimate of drug-likeness (QED) is 0.786. The van der Waals surface area contributed by atoms with E-state index >= 15 is 0 Å². The van der Waals surface area contributed by atoms with Gasteiger partial charge in [0.1, 0.15) is 11.2 Å². The van der Waals surface area contributed by atoms with Gasteiger partial charge < -0.3 is 15.0 Å². The Morgan fingerprint density at radius 1 is 1.48 bits per heavy atom. The van der Waals surface area contributed by atoms with Crippen LogP contribution in [0.5, 0.6) is 0 Å². The molecule has 1 atom stereocenters. The molecule has 1 aromatic rings. The van der Waals surface area contributed by atoms with E-state index in [0.29, 0.717) is 4.47 Å². The van der Waals surface area contributed by atoms with E-state index in [1.807, 2.05) is 13.8 Å². The number of carbonyl (C=O) groups excluding carboxylic acids is 2. The SMILES string of the molecule is CCOC(=O)[C@](C)(NC(=O)c1cc(=O)c(Br)c[nH]1)C(C)C. The minimum atomic E-state index is -1.17. The summed E-state index contributed by atoms with van der Waals surface area (Å²) in [6, 6.07) is 1.17. The molecule has 0 radical (unpaired) electrons. The summed E-state index contributed by atoms with van der Waals surface area (Å²) < 4.78 is 5.34. The predicted molar refractivity (Wildman–Crippen MR) is 82.1 cm³/mol. The Morgan fingerprint density at radius 2 is 2.10 bits per heavy atom. The van der Waals surface area contributed by atoms with Crippen molar-refractivity contribution in [1.82, 2.24) is 10.3 Å². The van der Waals surface area contributed by atoms with Gasteiger partial charge in [0.25, 0.3) is 5.91 Å². The van der Waals surface area contributed by atoms with Gasteiger partial charge in [-0.05, 0) is 35.7 Å². The van der Waals surface area contributed by atoms with Gasteiger partial charge >= 0.3 is 5.97 Å². The Kier molecular flexibility index (Phi) is 5.71.